The van der Waals surface area contributed by atoms with Gasteiger partial charge in [0.05, 0.1) is 11.7 Å². The Morgan fingerprint density at radius 3 is 2.59 bits per heavy atom. The molecule has 1 aromatic rings. The van der Waals surface area contributed by atoms with Crippen molar-refractivity contribution >= 4 is 0 Å². The van der Waals surface area contributed by atoms with Crippen LogP contribution in [0.15, 0.2) is 24.4 Å². The molecule has 0 spiro atoms. The van der Waals surface area contributed by atoms with Crippen molar-refractivity contribution in [3.8, 4) is 0 Å². The molecule has 0 aliphatic carbocycles. The first kappa shape index (κ1) is 14.1. The highest BCUT2D eigenvalue weighted by molar-refractivity contribution is 5.08. The second kappa shape index (κ2) is 8.20. The molecular formula is C14H24N2O. The summed E-state index contributed by atoms with van der Waals surface area (Å²) >= 11 is 0. The van der Waals surface area contributed by atoms with Crippen LogP contribution in [0.1, 0.15) is 38.4 Å². The molecule has 0 bridgehead atoms. The largest absolute Gasteiger partial charge is 0.381 e. The number of nitrogens with one attached hydrogen (secondary N) is 1. The van der Waals surface area contributed by atoms with Crippen LogP contribution in [0.2, 0.25) is 0 Å². The first-order chi connectivity index (χ1) is 8.24. The Kier molecular flexibility index (Phi) is 6.82. The van der Waals surface area contributed by atoms with E-state index in [9.17, 15) is 0 Å². The van der Waals surface area contributed by atoms with E-state index < -0.39 is 0 Å². The first-order valence-electron chi connectivity index (χ1n) is 6.40. The Morgan fingerprint density at radius 1 is 1.24 bits per heavy atom. The molecule has 0 aromatic carbocycles. The molecule has 17 heavy (non-hydrogen) atoms. The molecule has 1 rings (SSSR count). The molecule has 0 saturated carbocycles. The normalized spacial score (nSPS) is 12.9. The molecular weight excluding hydrogens is 212 g/mol. The third-order valence-corrected chi connectivity index (χ3v) is 2.78. The highest BCUT2D eigenvalue weighted by Gasteiger charge is 2.09. The molecule has 0 radical (unpaired) electrons. The van der Waals surface area contributed by atoms with Gasteiger partial charge in [0.25, 0.3) is 0 Å². The Morgan fingerprint density at radius 2 is 2.00 bits per heavy atom. The lowest BCUT2D eigenvalue weighted by molar-refractivity contribution is 0.114. The molecule has 1 aromatic heterocycles. The van der Waals surface area contributed by atoms with E-state index in [-0.39, 0.29) is 6.04 Å². The average molecular weight is 236 g/mol. The van der Waals surface area contributed by atoms with Crippen molar-refractivity contribution in [3.63, 3.8) is 0 Å². The number of nitrogens with zero attached hydrogens (tertiary/aromatic N) is 1. The van der Waals surface area contributed by atoms with Crippen molar-refractivity contribution in [3.05, 3.63) is 30.1 Å². The Balaban J connectivity index is 2.24. The average Bonchev–Trinajstić information content (AvgIpc) is 2.34. The Bertz CT molecular complexity index is 288. The summed E-state index contributed by atoms with van der Waals surface area (Å²) in [5.41, 5.74) is 1.09. The number of hydrogen-bond acceptors (Lipinski definition) is 3. The maximum Gasteiger partial charge on any atom is 0.0573 e. The molecule has 0 aliphatic rings. The van der Waals surface area contributed by atoms with E-state index in [1.807, 2.05) is 25.4 Å². The fraction of sp³-hybridized carbons (Fsp3) is 0.643. The first-order valence-corrected chi connectivity index (χ1v) is 6.40. The van der Waals surface area contributed by atoms with Crippen molar-refractivity contribution in [2.75, 3.05) is 20.3 Å². The van der Waals surface area contributed by atoms with Crippen LogP contribution in [-0.2, 0) is 4.74 Å². The van der Waals surface area contributed by atoms with Gasteiger partial charge in [-0.2, -0.15) is 0 Å². The lowest BCUT2D eigenvalue weighted by atomic mass is 10.1. The third-order valence-electron chi connectivity index (χ3n) is 2.78. The molecule has 1 heterocycles. The molecule has 0 fully saturated rings. The molecule has 96 valence electrons. The van der Waals surface area contributed by atoms with Gasteiger partial charge in [-0.05, 0) is 37.9 Å². The van der Waals surface area contributed by atoms with E-state index in [4.69, 9.17) is 4.74 Å². The van der Waals surface area contributed by atoms with Gasteiger partial charge in [0.2, 0.25) is 0 Å². The minimum absolute atomic E-state index is 0.287. The van der Waals surface area contributed by atoms with Gasteiger partial charge >= 0.3 is 0 Å². The summed E-state index contributed by atoms with van der Waals surface area (Å²) in [6, 6.07) is 6.30. The van der Waals surface area contributed by atoms with E-state index in [1.165, 1.54) is 0 Å². The molecule has 0 amide bonds. The number of pyridine rings is 1. The topological polar surface area (TPSA) is 34.1 Å². The van der Waals surface area contributed by atoms with E-state index in [1.54, 1.807) is 0 Å². The summed E-state index contributed by atoms with van der Waals surface area (Å²) in [5.74, 6) is 0.714. The van der Waals surface area contributed by atoms with Gasteiger partial charge in [-0.25, -0.2) is 0 Å². The van der Waals surface area contributed by atoms with Gasteiger partial charge in [-0.3, -0.25) is 4.98 Å². The van der Waals surface area contributed by atoms with Crippen molar-refractivity contribution < 1.29 is 4.74 Å². The van der Waals surface area contributed by atoms with Crippen molar-refractivity contribution in [2.45, 2.75) is 32.7 Å². The van der Waals surface area contributed by atoms with Crippen LogP contribution in [0.5, 0.6) is 0 Å². The maximum absolute atomic E-state index is 5.63. The van der Waals surface area contributed by atoms with Crippen molar-refractivity contribution in [1.29, 1.82) is 0 Å². The van der Waals surface area contributed by atoms with Gasteiger partial charge < -0.3 is 10.1 Å². The summed E-state index contributed by atoms with van der Waals surface area (Å²) < 4.78 is 5.63. The number of aromatic nitrogens is 1. The summed E-state index contributed by atoms with van der Waals surface area (Å²) in [7, 11) is 1.97. The molecule has 1 unspecified atom stereocenters. The fourth-order valence-corrected chi connectivity index (χ4v) is 1.64. The van der Waals surface area contributed by atoms with Gasteiger partial charge in [0.1, 0.15) is 0 Å². The number of hydrogen-bond donors (Lipinski definition) is 1. The molecule has 3 heteroatoms. The van der Waals surface area contributed by atoms with E-state index >= 15 is 0 Å². The van der Waals surface area contributed by atoms with Crippen LogP contribution in [0.25, 0.3) is 0 Å². The zero-order chi connectivity index (χ0) is 12.5. The van der Waals surface area contributed by atoms with Crippen molar-refractivity contribution in [2.24, 2.45) is 5.92 Å². The molecule has 0 saturated heterocycles. The number of rotatable bonds is 8. The van der Waals surface area contributed by atoms with Crippen LogP contribution in [-0.4, -0.2) is 25.2 Å². The van der Waals surface area contributed by atoms with Crippen LogP contribution in [0, 0.1) is 5.92 Å². The smallest absolute Gasteiger partial charge is 0.0573 e. The summed E-state index contributed by atoms with van der Waals surface area (Å²) in [4.78, 5) is 4.36. The molecule has 3 nitrogen and oxygen atoms in total. The highest BCUT2D eigenvalue weighted by Crippen LogP contribution is 2.13. The minimum Gasteiger partial charge on any atom is -0.381 e. The second-order valence-corrected chi connectivity index (χ2v) is 4.68. The number of ether oxygens (including phenoxy) is 1. The van der Waals surface area contributed by atoms with Crippen LogP contribution in [0.3, 0.4) is 0 Å². The monoisotopic (exact) mass is 236 g/mol. The second-order valence-electron chi connectivity index (χ2n) is 4.68. The summed E-state index contributed by atoms with van der Waals surface area (Å²) in [5, 5.41) is 3.28. The lowest BCUT2D eigenvalue weighted by Crippen LogP contribution is -2.19. The zero-order valence-corrected chi connectivity index (χ0v) is 11.1. The molecule has 1 N–H and O–H groups in total. The van der Waals surface area contributed by atoms with Gasteiger partial charge in [0, 0.05) is 19.4 Å². The van der Waals surface area contributed by atoms with Crippen LogP contribution in [0.4, 0.5) is 0 Å². The third kappa shape index (κ3) is 5.80. The fourth-order valence-electron chi connectivity index (χ4n) is 1.64. The SMILES string of the molecule is CNC(CCOCCC(C)C)c1ccccn1. The van der Waals surface area contributed by atoms with Crippen LogP contribution >= 0.6 is 0 Å². The van der Waals surface area contributed by atoms with E-state index in [0.29, 0.717) is 5.92 Å². The predicted molar refractivity (Wildman–Crippen MR) is 70.9 cm³/mol. The maximum atomic E-state index is 5.63. The summed E-state index contributed by atoms with van der Waals surface area (Å²) in [6.45, 7) is 6.08. The highest BCUT2D eigenvalue weighted by atomic mass is 16.5. The van der Waals surface area contributed by atoms with E-state index in [2.05, 4.69) is 30.2 Å². The molecule has 1 atom stereocenters. The van der Waals surface area contributed by atoms with Crippen LogP contribution < -0.4 is 5.32 Å². The predicted octanol–water partition coefficient (Wildman–Crippen LogP) is 2.79. The van der Waals surface area contributed by atoms with Gasteiger partial charge in [0.15, 0.2) is 0 Å². The molecule has 0 aliphatic heterocycles. The van der Waals surface area contributed by atoms with Crippen molar-refractivity contribution in [1.82, 2.24) is 10.3 Å². The van der Waals surface area contributed by atoms with E-state index in [0.717, 1.165) is 31.7 Å². The van der Waals surface area contributed by atoms with Gasteiger partial charge in [-0.15, -0.1) is 0 Å². The summed E-state index contributed by atoms with van der Waals surface area (Å²) in [6.07, 6.45) is 3.93. The quantitative estimate of drug-likeness (QED) is 0.705. The zero-order valence-electron chi connectivity index (χ0n) is 11.1. The lowest BCUT2D eigenvalue weighted by Gasteiger charge is -2.15. The minimum atomic E-state index is 0.287. The Labute approximate surface area is 105 Å². The Hall–Kier alpha value is -0.930. The standard InChI is InChI=1S/C14H24N2O/c1-12(2)7-10-17-11-8-13(15-3)14-6-4-5-9-16-14/h4-6,9,12-13,15H,7-8,10-11H2,1-3H3. The van der Waals surface area contributed by atoms with Gasteiger partial charge in [-0.1, -0.05) is 19.9 Å².